The number of hydrogen-bond donors (Lipinski definition) is 2. The Bertz CT molecular complexity index is 1120. The molecule has 31 heavy (non-hydrogen) atoms. The first-order valence-corrected chi connectivity index (χ1v) is 11.7. The molecule has 2 atom stereocenters. The van der Waals surface area contributed by atoms with Crippen molar-refractivity contribution < 1.29 is 4.79 Å². The van der Waals surface area contributed by atoms with Crippen LogP contribution in [-0.2, 0) is 4.79 Å². The molecule has 0 spiro atoms. The van der Waals surface area contributed by atoms with Crippen molar-refractivity contribution in [3.8, 4) is 0 Å². The lowest BCUT2D eigenvalue weighted by atomic mass is 10.0. The Balaban J connectivity index is 1.73. The number of anilines is 2. The van der Waals surface area contributed by atoms with Crippen molar-refractivity contribution in [2.45, 2.75) is 25.9 Å². The van der Waals surface area contributed by atoms with Gasteiger partial charge in [-0.25, -0.2) is 0 Å². The van der Waals surface area contributed by atoms with E-state index >= 15 is 0 Å². The van der Waals surface area contributed by atoms with Crippen LogP contribution in [0.25, 0.3) is 0 Å². The molecule has 160 valence electrons. The summed E-state index contributed by atoms with van der Waals surface area (Å²) < 4.78 is 0.706. The van der Waals surface area contributed by atoms with Gasteiger partial charge in [-0.2, -0.15) is 0 Å². The minimum Gasteiger partial charge on any atom is -0.351 e. The van der Waals surface area contributed by atoms with E-state index in [0.717, 1.165) is 16.3 Å². The van der Waals surface area contributed by atoms with E-state index in [1.807, 2.05) is 61.2 Å². The van der Waals surface area contributed by atoms with Crippen molar-refractivity contribution in [1.82, 2.24) is 10.3 Å². The van der Waals surface area contributed by atoms with Gasteiger partial charge in [-0.1, -0.05) is 43.1 Å². The Labute approximate surface area is 200 Å². The van der Waals surface area contributed by atoms with Crippen LogP contribution in [0.3, 0.4) is 0 Å². The number of aromatic nitrogens is 1. The molecule has 0 saturated carbocycles. The molecule has 1 aliphatic heterocycles. The Morgan fingerprint density at radius 1 is 1.23 bits per heavy atom. The summed E-state index contributed by atoms with van der Waals surface area (Å²) in [6.45, 7) is 3.67. The maximum Gasteiger partial charge on any atom is 0.226 e. The fourth-order valence-corrected chi connectivity index (χ4v) is 5.20. The maximum atomic E-state index is 12.1. The maximum absolute atomic E-state index is 12.1. The van der Waals surface area contributed by atoms with E-state index in [2.05, 4.69) is 15.6 Å². The van der Waals surface area contributed by atoms with Crippen molar-refractivity contribution in [3.05, 3.63) is 74.7 Å². The summed E-state index contributed by atoms with van der Waals surface area (Å²) in [5.74, 6) is -0.229. The van der Waals surface area contributed by atoms with E-state index in [-0.39, 0.29) is 23.9 Å². The first kappa shape index (κ1) is 22.0. The van der Waals surface area contributed by atoms with Crippen LogP contribution in [0.5, 0.6) is 0 Å². The summed E-state index contributed by atoms with van der Waals surface area (Å²) in [4.78, 5) is 19.7. The van der Waals surface area contributed by atoms with Crippen molar-refractivity contribution in [2.75, 3.05) is 10.2 Å². The molecule has 2 N–H and O–H groups in total. The second-order valence-corrected chi connectivity index (χ2v) is 9.99. The summed E-state index contributed by atoms with van der Waals surface area (Å²) in [7, 11) is 0. The SMILES string of the molecule is CC(C)C(=O)Nc1ccc(N2C(=S)N[C@H](c3ccccn3)[C@H]2c2ccc(Cl)s2)cc1Cl. The van der Waals surface area contributed by atoms with Crippen LogP contribution in [0.2, 0.25) is 9.36 Å². The minimum absolute atomic E-state index is 0.0886. The molecule has 1 fully saturated rings. The second kappa shape index (κ2) is 9.12. The second-order valence-electron chi connectivity index (χ2n) is 7.45. The van der Waals surface area contributed by atoms with Crippen molar-refractivity contribution in [3.63, 3.8) is 0 Å². The van der Waals surface area contributed by atoms with Crippen LogP contribution < -0.4 is 15.5 Å². The number of thiophene rings is 1. The average molecular weight is 491 g/mol. The molecule has 1 saturated heterocycles. The van der Waals surface area contributed by atoms with Crippen molar-refractivity contribution in [2.24, 2.45) is 5.92 Å². The third-order valence-electron chi connectivity index (χ3n) is 5.00. The van der Waals surface area contributed by atoms with Crippen LogP contribution in [0, 0.1) is 5.92 Å². The zero-order valence-electron chi connectivity index (χ0n) is 16.8. The molecule has 1 aliphatic rings. The lowest BCUT2D eigenvalue weighted by molar-refractivity contribution is -0.118. The fraction of sp³-hybridized carbons (Fsp3) is 0.227. The zero-order valence-corrected chi connectivity index (χ0v) is 19.9. The van der Waals surface area contributed by atoms with Gasteiger partial charge in [-0.3, -0.25) is 9.78 Å². The summed E-state index contributed by atoms with van der Waals surface area (Å²) in [5.41, 5.74) is 2.27. The zero-order chi connectivity index (χ0) is 22.1. The van der Waals surface area contributed by atoms with E-state index in [9.17, 15) is 4.79 Å². The van der Waals surface area contributed by atoms with Crippen LogP contribution >= 0.6 is 46.8 Å². The van der Waals surface area contributed by atoms with Crippen LogP contribution in [-0.4, -0.2) is 16.0 Å². The molecule has 3 heterocycles. The van der Waals surface area contributed by atoms with Gasteiger partial charge in [0, 0.05) is 22.7 Å². The number of pyridine rings is 1. The molecule has 1 aromatic carbocycles. The number of carbonyl (C=O) groups is 1. The third kappa shape index (κ3) is 4.55. The Kier molecular flexibility index (Phi) is 6.48. The Morgan fingerprint density at radius 3 is 2.65 bits per heavy atom. The van der Waals surface area contributed by atoms with Gasteiger partial charge < -0.3 is 15.5 Å². The smallest absolute Gasteiger partial charge is 0.226 e. The largest absolute Gasteiger partial charge is 0.351 e. The average Bonchev–Trinajstić information content (AvgIpc) is 3.32. The van der Waals surface area contributed by atoms with E-state index in [0.29, 0.717) is 20.2 Å². The highest BCUT2D eigenvalue weighted by atomic mass is 35.5. The number of hydrogen-bond acceptors (Lipinski definition) is 4. The number of amides is 1. The molecule has 9 heteroatoms. The number of thiocarbonyl (C=S) groups is 1. The van der Waals surface area contributed by atoms with E-state index in [1.165, 1.54) is 11.3 Å². The van der Waals surface area contributed by atoms with E-state index < -0.39 is 0 Å². The lowest BCUT2D eigenvalue weighted by Gasteiger charge is -2.27. The van der Waals surface area contributed by atoms with E-state index in [4.69, 9.17) is 35.4 Å². The number of carbonyl (C=O) groups excluding carboxylic acids is 1. The molecule has 2 aromatic heterocycles. The Hall–Kier alpha value is -2.19. The highest BCUT2D eigenvalue weighted by Crippen LogP contribution is 2.45. The number of halogens is 2. The fourth-order valence-electron chi connectivity index (χ4n) is 3.44. The topological polar surface area (TPSA) is 57.3 Å². The minimum atomic E-state index is -0.150. The van der Waals surface area contributed by atoms with Crippen molar-refractivity contribution in [1.29, 1.82) is 0 Å². The number of nitrogens with one attached hydrogen (secondary N) is 2. The monoisotopic (exact) mass is 490 g/mol. The van der Waals surface area contributed by atoms with Gasteiger partial charge in [0.15, 0.2) is 5.11 Å². The van der Waals surface area contributed by atoms with Gasteiger partial charge in [-0.15, -0.1) is 11.3 Å². The van der Waals surface area contributed by atoms with Gasteiger partial charge in [0.1, 0.15) is 0 Å². The van der Waals surface area contributed by atoms with Crippen molar-refractivity contribution >= 4 is 69.2 Å². The molecule has 0 aliphatic carbocycles. The molecular formula is C22H20Cl2N4OS2. The van der Waals surface area contributed by atoms with Crippen LogP contribution in [0.15, 0.2) is 54.7 Å². The summed E-state index contributed by atoms with van der Waals surface area (Å²) in [6.07, 6.45) is 1.77. The molecule has 3 aromatic rings. The molecule has 4 rings (SSSR count). The normalized spacial score (nSPS) is 18.4. The van der Waals surface area contributed by atoms with E-state index in [1.54, 1.807) is 12.3 Å². The summed E-state index contributed by atoms with van der Waals surface area (Å²) in [6, 6.07) is 14.9. The first-order chi connectivity index (χ1) is 14.8. The molecule has 1 amide bonds. The molecule has 0 radical (unpaired) electrons. The third-order valence-corrected chi connectivity index (χ3v) is 6.93. The quantitative estimate of drug-likeness (QED) is 0.415. The summed E-state index contributed by atoms with van der Waals surface area (Å²) in [5, 5.41) is 7.27. The van der Waals surface area contributed by atoms with Crippen LogP contribution in [0.4, 0.5) is 11.4 Å². The predicted octanol–water partition coefficient (Wildman–Crippen LogP) is 6.22. The lowest BCUT2D eigenvalue weighted by Crippen LogP contribution is -2.29. The molecule has 0 bridgehead atoms. The molecule has 5 nitrogen and oxygen atoms in total. The van der Waals surface area contributed by atoms with Gasteiger partial charge in [0.2, 0.25) is 5.91 Å². The highest BCUT2D eigenvalue weighted by molar-refractivity contribution is 7.80. The predicted molar refractivity (Wildman–Crippen MR) is 132 cm³/mol. The van der Waals surface area contributed by atoms with Crippen LogP contribution in [0.1, 0.15) is 36.5 Å². The number of benzene rings is 1. The van der Waals surface area contributed by atoms with Gasteiger partial charge in [-0.05, 0) is 54.7 Å². The van der Waals surface area contributed by atoms with Gasteiger partial charge >= 0.3 is 0 Å². The standard InChI is InChI=1S/C22H20Cl2N4OS2/c1-12(2)21(29)26-15-7-6-13(11-14(15)23)28-20(17-8-9-18(24)31-17)19(27-22(28)30)16-5-3-4-10-25-16/h3-12,19-20H,1-2H3,(H,26,29)(H,27,30)/t19-,20-/m1/s1. The number of rotatable bonds is 5. The molecule has 0 unspecified atom stereocenters. The first-order valence-electron chi connectivity index (χ1n) is 9.71. The molecular weight excluding hydrogens is 471 g/mol. The van der Waals surface area contributed by atoms with Gasteiger partial charge in [0.05, 0.1) is 32.8 Å². The summed E-state index contributed by atoms with van der Waals surface area (Å²) >= 11 is 20.0. The highest BCUT2D eigenvalue weighted by Gasteiger charge is 2.41. The van der Waals surface area contributed by atoms with Gasteiger partial charge in [0.25, 0.3) is 0 Å². The number of nitrogens with zero attached hydrogens (tertiary/aromatic N) is 2. The Morgan fingerprint density at radius 2 is 2.03 bits per heavy atom.